The lowest BCUT2D eigenvalue weighted by molar-refractivity contribution is 0.354. The molecule has 0 aliphatic heterocycles. The predicted molar refractivity (Wildman–Crippen MR) is 93.8 cm³/mol. The summed E-state index contributed by atoms with van der Waals surface area (Å²) in [5.41, 5.74) is 2.18. The smallest absolute Gasteiger partial charge is 0.179 e. The van der Waals surface area contributed by atoms with Crippen LogP contribution in [0.3, 0.4) is 0 Å². The Morgan fingerprint density at radius 1 is 1.09 bits per heavy atom. The molecular weight excluding hydrogens is 347 g/mol. The zero-order chi connectivity index (χ0) is 14.4. The Morgan fingerprint density at radius 2 is 1.82 bits per heavy atom. The number of nitrogens with one attached hydrogen (secondary N) is 1. The van der Waals surface area contributed by atoms with Crippen LogP contribution in [0.1, 0.15) is 11.1 Å². The van der Waals surface area contributed by atoms with Crippen molar-refractivity contribution in [2.45, 2.75) is 13.1 Å². The van der Waals surface area contributed by atoms with E-state index in [0.29, 0.717) is 23.1 Å². The average molecular weight is 366 g/mol. The van der Waals surface area contributed by atoms with Crippen molar-refractivity contribution in [2.24, 2.45) is 0 Å². The second-order valence-electron chi connectivity index (χ2n) is 4.28. The van der Waals surface area contributed by atoms with Crippen LogP contribution in [0.2, 0.25) is 5.02 Å². The first-order valence-corrected chi connectivity index (χ1v) is 6.62. The number of aromatic nitrogens is 1. The van der Waals surface area contributed by atoms with E-state index in [1.807, 2.05) is 30.5 Å². The Morgan fingerprint density at radius 3 is 2.41 bits per heavy atom. The van der Waals surface area contributed by atoms with Crippen molar-refractivity contribution in [2.75, 3.05) is 14.2 Å². The third-order valence-electron chi connectivity index (χ3n) is 2.87. The number of pyridine rings is 1. The lowest BCUT2D eigenvalue weighted by Gasteiger charge is -2.12. The number of hydrogen-bond acceptors (Lipinski definition) is 4. The third-order valence-corrected chi connectivity index (χ3v) is 3.16. The minimum Gasteiger partial charge on any atom is -0.493 e. The summed E-state index contributed by atoms with van der Waals surface area (Å²) in [5, 5.41) is 3.89. The molecule has 4 nitrogen and oxygen atoms in total. The molecule has 0 saturated carbocycles. The van der Waals surface area contributed by atoms with Gasteiger partial charge in [-0.1, -0.05) is 17.7 Å². The van der Waals surface area contributed by atoms with Crippen LogP contribution in [0.15, 0.2) is 36.7 Å². The maximum Gasteiger partial charge on any atom is 0.179 e. The number of rotatable bonds is 6. The molecule has 122 valence electrons. The highest BCUT2D eigenvalue weighted by molar-refractivity contribution is 6.32. The molecule has 0 bridgehead atoms. The van der Waals surface area contributed by atoms with Crippen molar-refractivity contribution >= 4 is 36.4 Å². The van der Waals surface area contributed by atoms with Gasteiger partial charge >= 0.3 is 0 Å². The average Bonchev–Trinajstić information content (AvgIpc) is 2.47. The molecule has 2 rings (SSSR count). The van der Waals surface area contributed by atoms with Gasteiger partial charge in [0.2, 0.25) is 0 Å². The molecule has 7 heteroatoms. The maximum atomic E-state index is 6.17. The molecule has 1 N–H and O–H groups in total. The van der Waals surface area contributed by atoms with E-state index in [-0.39, 0.29) is 24.8 Å². The molecule has 0 amide bonds. The van der Waals surface area contributed by atoms with Gasteiger partial charge in [0.1, 0.15) is 0 Å². The van der Waals surface area contributed by atoms with E-state index in [2.05, 4.69) is 10.3 Å². The van der Waals surface area contributed by atoms with Gasteiger partial charge in [-0.25, -0.2) is 0 Å². The summed E-state index contributed by atoms with van der Waals surface area (Å²) < 4.78 is 10.5. The minimum absolute atomic E-state index is 0. The molecule has 0 radical (unpaired) electrons. The summed E-state index contributed by atoms with van der Waals surface area (Å²) in [6, 6.07) is 7.74. The Bertz CT molecular complexity index is 568. The van der Waals surface area contributed by atoms with E-state index in [1.54, 1.807) is 20.4 Å². The minimum atomic E-state index is 0. The van der Waals surface area contributed by atoms with E-state index >= 15 is 0 Å². The van der Waals surface area contributed by atoms with E-state index in [0.717, 1.165) is 17.7 Å². The molecule has 1 aromatic heterocycles. The lowest BCUT2D eigenvalue weighted by atomic mass is 10.2. The Balaban J connectivity index is 0.00000220. The molecule has 0 fully saturated rings. The molecule has 0 aliphatic carbocycles. The molecule has 0 unspecified atom stereocenters. The van der Waals surface area contributed by atoms with Crippen molar-refractivity contribution in [3.05, 3.63) is 52.8 Å². The maximum absolute atomic E-state index is 6.17. The van der Waals surface area contributed by atoms with Gasteiger partial charge in [0.15, 0.2) is 11.5 Å². The van der Waals surface area contributed by atoms with Gasteiger partial charge in [-0.15, -0.1) is 24.8 Å². The van der Waals surface area contributed by atoms with Crippen LogP contribution in [0.4, 0.5) is 0 Å². The number of ether oxygens (including phenoxy) is 2. The number of hydrogen-bond donors (Lipinski definition) is 1. The van der Waals surface area contributed by atoms with E-state index in [9.17, 15) is 0 Å². The highest BCUT2D eigenvalue weighted by atomic mass is 35.5. The van der Waals surface area contributed by atoms with E-state index < -0.39 is 0 Å². The first-order valence-electron chi connectivity index (χ1n) is 6.24. The topological polar surface area (TPSA) is 43.4 Å². The lowest BCUT2D eigenvalue weighted by Crippen LogP contribution is -2.13. The number of methoxy groups -OCH3 is 2. The molecule has 22 heavy (non-hydrogen) atoms. The van der Waals surface area contributed by atoms with Crippen LogP contribution in [0, 0.1) is 0 Å². The number of halogens is 3. The van der Waals surface area contributed by atoms with Crippen LogP contribution >= 0.6 is 36.4 Å². The second kappa shape index (κ2) is 10.5. The molecule has 1 aromatic carbocycles. The van der Waals surface area contributed by atoms with Gasteiger partial charge in [-0.3, -0.25) is 4.98 Å². The first-order chi connectivity index (χ1) is 9.74. The molecule has 2 aromatic rings. The van der Waals surface area contributed by atoms with Crippen molar-refractivity contribution in [3.63, 3.8) is 0 Å². The zero-order valence-electron chi connectivity index (χ0n) is 12.3. The molecule has 0 spiro atoms. The van der Waals surface area contributed by atoms with Crippen LogP contribution < -0.4 is 14.8 Å². The van der Waals surface area contributed by atoms with E-state index in [1.165, 1.54) is 0 Å². The Labute approximate surface area is 148 Å². The first kappa shape index (κ1) is 20.8. The SMILES string of the molecule is COc1cc(CNCc2cccnc2)cc(Cl)c1OC.Cl.Cl. The quantitative estimate of drug-likeness (QED) is 0.843. The largest absolute Gasteiger partial charge is 0.493 e. The number of benzene rings is 1. The molecule has 0 aliphatic rings. The highest BCUT2D eigenvalue weighted by Gasteiger charge is 2.10. The standard InChI is InChI=1S/C15H17ClN2O2.2ClH/c1-19-14-7-12(6-13(16)15(14)20-2)10-18-9-11-4-3-5-17-8-11;;/h3-8,18H,9-10H2,1-2H3;2*1H. The van der Waals surface area contributed by atoms with Crippen LogP contribution in [0.25, 0.3) is 0 Å². The Kier molecular flexibility index (Phi) is 9.94. The van der Waals surface area contributed by atoms with Gasteiger partial charge in [0.25, 0.3) is 0 Å². The van der Waals surface area contributed by atoms with Crippen molar-refractivity contribution in [1.82, 2.24) is 10.3 Å². The van der Waals surface area contributed by atoms with Gasteiger partial charge in [-0.2, -0.15) is 0 Å². The highest BCUT2D eigenvalue weighted by Crippen LogP contribution is 2.35. The molecular formula is C15H19Cl3N2O2. The predicted octanol–water partition coefficient (Wildman–Crippen LogP) is 3.89. The third kappa shape index (κ3) is 5.54. The fourth-order valence-electron chi connectivity index (χ4n) is 1.93. The molecule has 1 heterocycles. The van der Waals surface area contributed by atoms with Crippen LogP contribution in [0.5, 0.6) is 11.5 Å². The number of nitrogens with zero attached hydrogens (tertiary/aromatic N) is 1. The summed E-state index contributed by atoms with van der Waals surface area (Å²) in [6.07, 6.45) is 3.60. The second-order valence-corrected chi connectivity index (χ2v) is 4.69. The summed E-state index contributed by atoms with van der Waals surface area (Å²) in [7, 11) is 3.17. The fourth-order valence-corrected chi connectivity index (χ4v) is 2.24. The summed E-state index contributed by atoms with van der Waals surface area (Å²) in [5.74, 6) is 1.20. The van der Waals surface area contributed by atoms with Gasteiger partial charge < -0.3 is 14.8 Å². The summed E-state index contributed by atoms with van der Waals surface area (Å²) >= 11 is 6.17. The monoisotopic (exact) mass is 364 g/mol. The van der Waals surface area contributed by atoms with Crippen LogP contribution in [-0.2, 0) is 13.1 Å². The van der Waals surface area contributed by atoms with Crippen molar-refractivity contribution < 1.29 is 9.47 Å². The summed E-state index contributed by atoms with van der Waals surface area (Å²) in [6.45, 7) is 1.44. The van der Waals surface area contributed by atoms with E-state index in [4.69, 9.17) is 21.1 Å². The Hall–Kier alpha value is -1.20. The van der Waals surface area contributed by atoms with Crippen LogP contribution in [-0.4, -0.2) is 19.2 Å². The van der Waals surface area contributed by atoms with Gasteiger partial charge in [-0.05, 0) is 29.3 Å². The van der Waals surface area contributed by atoms with Gasteiger partial charge in [0.05, 0.1) is 19.2 Å². The van der Waals surface area contributed by atoms with Gasteiger partial charge in [0, 0.05) is 25.5 Å². The summed E-state index contributed by atoms with van der Waals surface area (Å²) in [4.78, 5) is 4.08. The van der Waals surface area contributed by atoms with Crippen molar-refractivity contribution in [3.8, 4) is 11.5 Å². The van der Waals surface area contributed by atoms with Crippen molar-refractivity contribution in [1.29, 1.82) is 0 Å². The normalized spacial score (nSPS) is 9.41. The zero-order valence-corrected chi connectivity index (χ0v) is 14.7. The fraction of sp³-hybridized carbons (Fsp3) is 0.267. The molecule has 0 saturated heterocycles. The molecule has 0 atom stereocenters.